The first-order chi connectivity index (χ1) is 10.8. The second kappa shape index (κ2) is 5.62. The van der Waals surface area contributed by atoms with Crippen LogP contribution in [0, 0.1) is 0 Å². The molecule has 0 radical (unpaired) electrons. The first kappa shape index (κ1) is 16.0. The Labute approximate surface area is 132 Å². The normalized spacial score (nSPS) is 31.4. The van der Waals surface area contributed by atoms with Crippen LogP contribution in [0.1, 0.15) is 6.23 Å². The number of aliphatic hydroxyl groups is 3. The highest BCUT2D eigenvalue weighted by Gasteiger charge is 2.48. The summed E-state index contributed by atoms with van der Waals surface area (Å²) < 4.78 is 10.9. The maximum atomic E-state index is 12.0. The molecule has 5 atom stereocenters. The maximum Gasteiger partial charge on any atom is 0.422 e. The number of fused-ring (bicyclic) bond motifs is 1. The number of halogens is 1. The van der Waals surface area contributed by atoms with Crippen molar-refractivity contribution in [3.05, 3.63) is 33.8 Å². The van der Waals surface area contributed by atoms with Crippen LogP contribution in [0.4, 0.5) is 0 Å². The number of aliphatic hydroxyl groups excluding tert-OH is 3. The minimum absolute atomic E-state index is 0.141. The first-order valence-corrected chi connectivity index (χ1v) is 6.92. The molecule has 1 fully saturated rings. The van der Waals surface area contributed by atoms with E-state index in [1.54, 1.807) is 0 Å². The summed E-state index contributed by atoms with van der Waals surface area (Å²) >= 11 is 5.86. The fraction of sp³-hybridized carbons (Fsp3) is 0.385. The number of carboxylic acid groups (broad SMARTS) is 1. The number of carboxylic acids is 1. The molecular weight excluding hydrogens is 334 g/mol. The monoisotopic (exact) mass is 345 g/mol. The standard InChI is InChI=1S/C13H12ClNO8/c14-4-1-2-6-5(3-4)15(13(21)22-6)11-9(18)7(16)8(17)10(23-11)12(19)20/h1-3,7-11,16-18H,(H,19,20)/t7-,8-,9+,10-,11-/m0/s1. The average molecular weight is 346 g/mol. The van der Waals surface area contributed by atoms with Crippen molar-refractivity contribution >= 4 is 28.7 Å². The van der Waals surface area contributed by atoms with Gasteiger partial charge in [0.2, 0.25) is 0 Å². The third-order valence-corrected chi connectivity index (χ3v) is 3.90. The predicted molar refractivity (Wildman–Crippen MR) is 75.1 cm³/mol. The largest absolute Gasteiger partial charge is 0.479 e. The molecule has 23 heavy (non-hydrogen) atoms. The van der Waals surface area contributed by atoms with Gasteiger partial charge in [-0.1, -0.05) is 11.6 Å². The summed E-state index contributed by atoms with van der Waals surface area (Å²) in [5.74, 6) is -2.48. The summed E-state index contributed by atoms with van der Waals surface area (Å²) in [5, 5.41) is 38.9. The lowest BCUT2D eigenvalue weighted by atomic mass is 9.98. The smallest absolute Gasteiger partial charge is 0.422 e. The number of carbonyl (C=O) groups is 1. The van der Waals surface area contributed by atoms with Gasteiger partial charge in [0.05, 0.1) is 5.52 Å². The summed E-state index contributed by atoms with van der Waals surface area (Å²) in [6.45, 7) is 0. The third kappa shape index (κ3) is 2.52. The molecule has 0 saturated carbocycles. The predicted octanol–water partition coefficient (Wildman–Crippen LogP) is -0.687. The van der Waals surface area contributed by atoms with Crippen LogP contribution in [-0.2, 0) is 9.53 Å². The Kier molecular flexibility index (Phi) is 3.90. The van der Waals surface area contributed by atoms with E-state index < -0.39 is 42.4 Å². The summed E-state index contributed by atoms with van der Waals surface area (Å²) in [5.41, 5.74) is 0.293. The van der Waals surface area contributed by atoms with E-state index >= 15 is 0 Å². The van der Waals surface area contributed by atoms with Crippen molar-refractivity contribution in [2.75, 3.05) is 0 Å². The Bertz CT molecular complexity index is 814. The highest BCUT2D eigenvalue weighted by molar-refractivity contribution is 6.31. The summed E-state index contributed by atoms with van der Waals surface area (Å²) in [6.07, 6.45) is -8.82. The van der Waals surface area contributed by atoms with Crippen molar-refractivity contribution in [1.29, 1.82) is 0 Å². The number of rotatable bonds is 2. The van der Waals surface area contributed by atoms with E-state index in [0.717, 1.165) is 4.57 Å². The van der Waals surface area contributed by atoms with Gasteiger partial charge in [0, 0.05) is 5.02 Å². The zero-order valence-electron chi connectivity index (χ0n) is 11.4. The first-order valence-electron chi connectivity index (χ1n) is 6.54. The van der Waals surface area contributed by atoms with Crippen molar-refractivity contribution < 1.29 is 34.4 Å². The zero-order valence-corrected chi connectivity index (χ0v) is 12.1. The van der Waals surface area contributed by atoms with Crippen molar-refractivity contribution in [3.8, 4) is 0 Å². The molecule has 0 aliphatic carbocycles. The lowest BCUT2D eigenvalue weighted by Crippen LogP contribution is -2.58. The molecule has 10 heteroatoms. The van der Waals surface area contributed by atoms with Gasteiger partial charge < -0.3 is 29.6 Å². The Hall–Kier alpha value is -1.91. The molecule has 3 rings (SSSR count). The molecule has 0 unspecified atom stereocenters. The van der Waals surface area contributed by atoms with Gasteiger partial charge in [0.15, 0.2) is 17.9 Å². The summed E-state index contributed by atoms with van der Waals surface area (Å²) in [6, 6.07) is 4.27. The minimum atomic E-state index is -1.85. The fourth-order valence-electron chi connectivity index (χ4n) is 2.53. The van der Waals surface area contributed by atoms with Gasteiger partial charge in [-0.15, -0.1) is 0 Å². The highest BCUT2D eigenvalue weighted by atomic mass is 35.5. The number of ether oxygens (including phenoxy) is 1. The highest BCUT2D eigenvalue weighted by Crippen LogP contribution is 2.31. The molecule has 1 aromatic carbocycles. The number of hydrogen-bond acceptors (Lipinski definition) is 7. The number of oxazole rings is 1. The molecule has 2 aromatic rings. The number of hydrogen-bond donors (Lipinski definition) is 4. The number of nitrogens with zero attached hydrogens (tertiary/aromatic N) is 1. The van der Waals surface area contributed by atoms with E-state index in [9.17, 15) is 24.9 Å². The van der Waals surface area contributed by atoms with Crippen LogP contribution in [0.25, 0.3) is 11.1 Å². The molecule has 2 heterocycles. The molecule has 0 bridgehead atoms. The van der Waals surface area contributed by atoms with Crippen LogP contribution in [0.15, 0.2) is 27.4 Å². The van der Waals surface area contributed by atoms with Crippen LogP contribution < -0.4 is 5.76 Å². The van der Waals surface area contributed by atoms with Gasteiger partial charge in [-0.05, 0) is 18.2 Å². The summed E-state index contributed by atoms with van der Waals surface area (Å²) in [7, 11) is 0. The van der Waals surface area contributed by atoms with E-state index in [4.69, 9.17) is 25.9 Å². The van der Waals surface area contributed by atoms with E-state index in [1.165, 1.54) is 18.2 Å². The molecule has 124 valence electrons. The SMILES string of the molecule is O=C(O)[C@H]1O[C@H](n2c(=O)oc3ccc(Cl)cc32)[C@H](O)[C@@H](O)[C@@H]1O. The molecule has 0 spiro atoms. The molecule has 1 saturated heterocycles. The molecule has 9 nitrogen and oxygen atoms in total. The van der Waals surface area contributed by atoms with E-state index in [2.05, 4.69) is 0 Å². The van der Waals surface area contributed by atoms with Crippen molar-refractivity contribution in [2.24, 2.45) is 0 Å². The Morgan fingerprint density at radius 3 is 2.52 bits per heavy atom. The Morgan fingerprint density at radius 2 is 1.87 bits per heavy atom. The topological polar surface area (TPSA) is 142 Å². The zero-order chi connectivity index (χ0) is 16.9. The average Bonchev–Trinajstić information content (AvgIpc) is 2.80. The van der Waals surface area contributed by atoms with Gasteiger partial charge >= 0.3 is 11.7 Å². The van der Waals surface area contributed by atoms with Gasteiger partial charge in [0.1, 0.15) is 18.3 Å². The molecule has 0 amide bonds. The molecular formula is C13H12ClNO8. The van der Waals surface area contributed by atoms with Crippen LogP contribution in [-0.4, -0.2) is 55.4 Å². The number of aromatic nitrogens is 1. The quantitative estimate of drug-likeness (QED) is 0.560. The van der Waals surface area contributed by atoms with Gasteiger partial charge in [-0.25, -0.2) is 14.2 Å². The van der Waals surface area contributed by atoms with Crippen molar-refractivity contribution in [2.45, 2.75) is 30.6 Å². The number of aliphatic carboxylic acids is 1. The van der Waals surface area contributed by atoms with Crippen LogP contribution >= 0.6 is 11.6 Å². The summed E-state index contributed by atoms with van der Waals surface area (Å²) in [4.78, 5) is 23.2. The second-order valence-corrected chi connectivity index (χ2v) is 5.54. The maximum absolute atomic E-state index is 12.0. The molecule has 4 N–H and O–H groups in total. The Morgan fingerprint density at radius 1 is 1.17 bits per heavy atom. The van der Waals surface area contributed by atoms with E-state index in [-0.39, 0.29) is 16.1 Å². The van der Waals surface area contributed by atoms with E-state index in [0.29, 0.717) is 0 Å². The van der Waals surface area contributed by atoms with Crippen LogP contribution in [0.3, 0.4) is 0 Å². The molecule has 1 aromatic heterocycles. The third-order valence-electron chi connectivity index (χ3n) is 3.66. The number of benzene rings is 1. The van der Waals surface area contributed by atoms with E-state index in [1.807, 2.05) is 0 Å². The van der Waals surface area contributed by atoms with Gasteiger partial charge in [-0.2, -0.15) is 0 Å². The Balaban J connectivity index is 2.13. The molecule has 1 aliphatic heterocycles. The van der Waals surface area contributed by atoms with Crippen molar-refractivity contribution in [1.82, 2.24) is 4.57 Å². The lowest BCUT2D eigenvalue weighted by molar-refractivity contribution is -0.246. The van der Waals surface area contributed by atoms with Crippen LogP contribution in [0.2, 0.25) is 5.02 Å². The molecule has 1 aliphatic rings. The van der Waals surface area contributed by atoms with Crippen LogP contribution in [0.5, 0.6) is 0 Å². The van der Waals surface area contributed by atoms with Gasteiger partial charge in [-0.3, -0.25) is 0 Å². The fourth-order valence-corrected chi connectivity index (χ4v) is 2.69. The minimum Gasteiger partial charge on any atom is -0.479 e. The second-order valence-electron chi connectivity index (χ2n) is 5.11. The lowest BCUT2D eigenvalue weighted by Gasteiger charge is -2.38. The van der Waals surface area contributed by atoms with Gasteiger partial charge in [0.25, 0.3) is 0 Å². The van der Waals surface area contributed by atoms with Crippen molar-refractivity contribution in [3.63, 3.8) is 0 Å².